The number of aliphatic carboxylic acids is 1. The van der Waals surface area contributed by atoms with Crippen molar-refractivity contribution in [1.82, 2.24) is 4.90 Å². The van der Waals surface area contributed by atoms with Crippen LogP contribution in [0.3, 0.4) is 0 Å². The zero-order valence-electron chi connectivity index (χ0n) is 12.9. The molecule has 1 N–H and O–H groups in total. The molecule has 0 radical (unpaired) electrons. The van der Waals surface area contributed by atoms with Crippen LogP contribution in [0.15, 0.2) is 30.3 Å². The van der Waals surface area contributed by atoms with Crippen molar-refractivity contribution in [3.63, 3.8) is 0 Å². The van der Waals surface area contributed by atoms with Gasteiger partial charge in [0.15, 0.2) is 0 Å². The van der Waals surface area contributed by atoms with E-state index in [0.717, 1.165) is 12.0 Å². The van der Waals surface area contributed by atoms with Gasteiger partial charge in [-0.05, 0) is 25.3 Å². The molecule has 5 heteroatoms. The monoisotopic (exact) mass is 305 g/mol. The third-order valence-electron chi connectivity index (χ3n) is 4.20. The highest BCUT2D eigenvalue weighted by molar-refractivity contribution is 5.78. The molecule has 0 bridgehead atoms. The first kappa shape index (κ1) is 16.5. The smallest absolute Gasteiger partial charge is 0.308 e. The van der Waals surface area contributed by atoms with Gasteiger partial charge in [-0.1, -0.05) is 30.3 Å². The van der Waals surface area contributed by atoms with Gasteiger partial charge in [0, 0.05) is 12.6 Å². The van der Waals surface area contributed by atoms with Crippen LogP contribution in [0.1, 0.15) is 31.7 Å². The lowest BCUT2D eigenvalue weighted by molar-refractivity contribution is -0.149. The van der Waals surface area contributed by atoms with E-state index in [1.165, 1.54) is 0 Å². The van der Waals surface area contributed by atoms with Gasteiger partial charge < -0.3 is 14.7 Å². The molecule has 2 rings (SSSR count). The second-order valence-electron chi connectivity index (χ2n) is 5.70. The number of carbonyl (C=O) groups excluding carboxylic acids is 1. The summed E-state index contributed by atoms with van der Waals surface area (Å²) in [7, 11) is 0. The first-order valence-corrected chi connectivity index (χ1v) is 7.73. The molecule has 0 aliphatic carbocycles. The van der Waals surface area contributed by atoms with Gasteiger partial charge in [-0.2, -0.15) is 0 Å². The SMILES string of the molecule is C[C@@H]1[C@H](C(=O)O)CCCN1C(=O)CCOCc1ccccc1. The number of carboxylic acid groups (broad SMARTS) is 1. The summed E-state index contributed by atoms with van der Waals surface area (Å²) in [4.78, 5) is 25.1. The fraction of sp³-hybridized carbons (Fsp3) is 0.529. The fourth-order valence-corrected chi connectivity index (χ4v) is 2.89. The highest BCUT2D eigenvalue weighted by Gasteiger charge is 2.34. The quantitative estimate of drug-likeness (QED) is 0.819. The summed E-state index contributed by atoms with van der Waals surface area (Å²) in [6, 6.07) is 9.56. The minimum absolute atomic E-state index is 0.0217. The van der Waals surface area contributed by atoms with E-state index in [1.807, 2.05) is 37.3 Å². The van der Waals surface area contributed by atoms with Crippen molar-refractivity contribution in [2.75, 3.05) is 13.2 Å². The Kier molecular flexibility index (Phi) is 5.95. The van der Waals surface area contributed by atoms with Crippen molar-refractivity contribution in [2.45, 2.75) is 38.8 Å². The molecule has 0 saturated carbocycles. The lowest BCUT2D eigenvalue weighted by Gasteiger charge is -2.37. The Bertz CT molecular complexity index is 503. The van der Waals surface area contributed by atoms with Gasteiger partial charge in [0.05, 0.1) is 25.6 Å². The van der Waals surface area contributed by atoms with Crippen LogP contribution in [0.25, 0.3) is 0 Å². The molecule has 0 spiro atoms. The van der Waals surface area contributed by atoms with Crippen LogP contribution in [0, 0.1) is 5.92 Å². The number of likely N-dealkylation sites (tertiary alicyclic amines) is 1. The summed E-state index contributed by atoms with van der Waals surface area (Å²) in [6.07, 6.45) is 1.69. The Morgan fingerprint density at radius 2 is 2.05 bits per heavy atom. The molecule has 5 nitrogen and oxygen atoms in total. The number of hydrogen-bond donors (Lipinski definition) is 1. The maximum Gasteiger partial charge on any atom is 0.308 e. The summed E-state index contributed by atoms with van der Waals surface area (Å²) >= 11 is 0. The number of benzene rings is 1. The van der Waals surface area contributed by atoms with E-state index >= 15 is 0 Å². The normalized spacial score (nSPS) is 21.6. The van der Waals surface area contributed by atoms with Crippen LogP contribution in [-0.2, 0) is 20.9 Å². The second-order valence-corrected chi connectivity index (χ2v) is 5.70. The van der Waals surface area contributed by atoms with Gasteiger partial charge in [-0.25, -0.2) is 0 Å². The number of amides is 1. The van der Waals surface area contributed by atoms with Gasteiger partial charge >= 0.3 is 5.97 Å². The van der Waals surface area contributed by atoms with Crippen molar-refractivity contribution >= 4 is 11.9 Å². The Morgan fingerprint density at radius 3 is 2.73 bits per heavy atom. The van der Waals surface area contributed by atoms with E-state index in [1.54, 1.807) is 4.90 Å². The van der Waals surface area contributed by atoms with E-state index < -0.39 is 11.9 Å². The molecule has 1 heterocycles. The third kappa shape index (κ3) is 4.31. The van der Waals surface area contributed by atoms with Crippen molar-refractivity contribution in [3.05, 3.63) is 35.9 Å². The highest BCUT2D eigenvalue weighted by Crippen LogP contribution is 2.24. The van der Waals surface area contributed by atoms with E-state index in [0.29, 0.717) is 32.6 Å². The van der Waals surface area contributed by atoms with Crippen LogP contribution in [0.4, 0.5) is 0 Å². The summed E-state index contributed by atoms with van der Waals surface area (Å²) < 4.78 is 5.53. The highest BCUT2D eigenvalue weighted by atomic mass is 16.5. The van der Waals surface area contributed by atoms with Crippen molar-refractivity contribution in [3.8, 4) is 0 Å². The molecule has 1 fully saturated rings. The Hall–Kier alpha value is -1.88. The molecular weight excluding hydrogens is 282 g/mol. The van der Waals surface area contributed by atoms with Crippen molar-refractivity contribution < 1.29 is 19.4 Å². The molecular formula is C17H23NO4. The predicted molar refractivity (Wildman–Crippen MR) is 82.2 cm³/mol. The van der Waals surface area contributed by atoms with Crippen LogP contribution in [-0.4, -0.2) is 41.1 Å². The maximum absolute atomic E-state index is 12.2. The molecule has 1 amide bonds. The topological polar surface area (TPSA) is 66.8 Å². The number of carboxylic acids is 1. The average Bonchev–Trinajstić information content (AvgIpc) is 2.52. The number of piperidine rings is 1. The average molecular weight is 305 g/mol. The van der Waals surface area contributed by atoms with Gasteiger partial charge in [-0.15, -0.1) is 0 Å². The number of hydrogen-bond acceptors (Lipinski definition) is 3. The molecule has 0 unspecified atom stereocenters. The number of nitrogens with zero attached hydrogens (tertiary/aromatic N) is 1. The van der Waals surface area contributed by atoms with Crippen LogP contribution in [0.5, 0.6) is 0 Å². The Balaban J connectivity index is 1.76. The molecule has 1 saturated heterocycles. The summed E-state index contributed by atoms with van der Waals surface area (Å²) in [5.74, 6) is -1.29. The third-order valence-corrected chi connectivity index (χ3v) is 4.20. The molecule has 22 heavy (non-hydrogen) atoms. The van der Waals surface area contributed by atoms with Gasteiger partial charge in [0.1, 0.15) is 0 Å². The van der Waals surface area contributed by atoms with Crippen molar-refractivity contribution in [1.29, 1.82) is 0 Å². The van der Waals surface area contributed by atoms with E-state index in [-0.39, 0.29) is 11.9 Å². The molecule has 0 aromatic heterocycles. The molecule has 1 aromatic rings. The molecule has 120 valence electrons. The van der Waals surface area contributed by atoms with Gasteiger partial charge in [0.25, 0.3) is 0 Å². The summed E-state index contributed by atoms with van der Waals surface area (Å²) in [5.41, 5.74) is 1.08. The summed E-state index contributed by atoms with van der Waals surface area (Å²) in [5, 5.41) is 9.19. The Labute approximate surface area is 130 Å². The number of rotatable bonds is 6. The zero-order valence-corrected chi connectivity index (χ0v) is 12.9. The first-order valence-electron chi connectivity index (χ1n) is 7.73. The van der Waals surface area contributed by atoms with Crippen LogP contribution in [0.2, 0.25) is 0 Å². The summed E-state index contributed by atoms with van der Waals surface area (Å²) in [6.45, 7) is 3.30. The fourth-order valence-electron chi connectivity index (χ4n) is 2.89. The van der Waals surface area contributed by atoms with Crippen LogP contribution < -0.4 is 0 Å². The molecule has 2 atom stereocenters. The number of carbonyl (C=O) groups is 2. The zero-order chi connectivity index (χ0) is 15.9. The predicted octanol–water partition coefficient (Wildman–Crippen LogP) is 2.30. The van der Waals surface area contributed by atoms with Crippen LogP contribution >= 0.6 is 0 Å². The maximum atomic E-state index is 12.2. The first-order chi connectivity index (χ1) is 10.6. The molecule has 1 aliphatic rings. The minimum Gasteiger partial charge on any atom is -0.481 e. The van der Waals surface area contributed by atoms with Gasteiger partial charge in [-0.3, -0.25) is 9.59 Å². The van der Waals surface area contributed by atoms with Gasteiger partial charge in [0.2, 0.25) is 5.91 Å². The van der Waals surface area contributed by atoms with E-state index in [2.05, 4.69) is 0 Å². The van der Waals surface area contributed by atoms with E-state index in [9.17, 15) is 14.7 Å². The van der Waals surface area contributed by atoms with E-state index in [4.69, 9.17) is 4.74 Å². The second kappa shape index (κ2) is 7.94. The molecule has 1 aromatic carbocycles. The standard InChI is InChI=1S/C17H23NO4/c1-13-15(17(20)21)8-5-10-18(13)16(19)9-11-22-12-14-6-3-2-4-7-14/h2-4,6-7,13,15H,5,8-12H2,1H3,(H,20,21)/t13-,15-/m1/s1. The largest absolute Gasteiger partial charge is 0.481 e. The lowest BCUT2D eigenvalue weighted by atomic mass is 9.90. The lowest BCUT2D eigenvalue weighted by Crippen LogP contribution is -2.49. The Morgan fingerprint density at radius 1 is 1.32 bits per heavy atom. The molecule has 1 aliphatic heterocycles. The van der Waals surface area contributed by atoms with Crippen molar-refractivity contribution in [2.24, 2.45) is 5.92 Å². The minimum atomic E-state index is -0.815. The number of ether oxygens (including phenoxy) is 1.